The number of ether oxygens (including phenoxy) is 1. The number of carbonyl (C=O) groups is 1. The fourth-order valence-corrected chi connectivity index (χ4v) is 2.39. The van der Waals surface area contributed by atoms with Gasteiger partial charge in [-0.25, -0.2) is 0 Å². The van der Waals surface area contributed by atoms with E-state index in [2.05, 4.69) is 10.3 Å². The summed E-state index contributed by atoms with van der Waals surface area (Å²) >= 11 is 0. The number of benzene rings is 1. The second-order valence-electron chi connectivity index (χ2n) is 5.37. The van der Waals surface area contributed by atoms with Crippen molar-refractivity contribution in [2.45, 2.75) is 13.0 Å². The van der Waals surface area contributed by atoms with Crippen LogP contribution in [0.2, 0.25) is 0 Å². The van der Waals surface area contributed by atoms with E-state index in [0.29, 0.717) is 18.9 Å². The van der Waals surface area contributed by atoms with E-state index in [-0.39, 0.29) is 11.9 Å². The van der Waals surface area contributed by atoms with E-state index in [1.807, 2.05) is 37.3 Å². The zero-order valence-electron chi connectivity index (χ0n) is 11.3. The van der Waals surface area contributed by atoms with Gasteiger partial charge in [-0.1, -0.05) is 18.2 Å². The summed E-state index contributed by atoms with van der Waals surface area (Å²) in [5, 5.41) is 3.92. The number of pyridine rings is 1. The van der Waals surface area contributed by atoms with Gasteiger partial charge in [-0.2, -0.15) is 0 Å². The van der Waals surface area contributed by atoms with Crippen LogP contribution in [0, 0.1) is 5.41 Å². The molecule has 20 heavy (non-hydrogen) atoms. The summed E-state index contributed by atoms with van der Waals surface area (Å²) in [6, 6.07) is 9.25. The monoisotopic (exact) mass is 271 g/mol. The van der Waals surface area contributed by atoms with Gasteiger partial charge in [-0.05, 0) is 19.1 Å². The van der Waals surface area contributed by atoms with Crippen LogP contribution >= 0.6 is 0 Å². The first-order valence-corrected chi connectivity index (χ1v) is 6.60. The Morgan fingerprint density at radius 1 is 1.45 bits per heavy atom. The third-order valence-electron chi connectivity index (χ3n) is 3.92. The number of anilines is 1. The Labute approximate surface area is 117 Å². The minimum absolute atomic E-state index is 0.124. The Morgan fingerprint density at radius 3 is 3.00 bits per heavy atom. The molecular formula is C15H17N3O2. The van der Waals surface area contributed by atoms with Crippen molar-refractivity contribution >= 4 is 22.5 Å². The highest BCUT2D eigenvalue weighted by atomic mass is 16.5. The fraction of sp³-hybridized carbons (Fsp3) is 0.333. The lowest BCUT2D eigenvalue weighted by Crippen LogP contribution is -2.47. The molecule has 0 radical (unpaired) electrons. The van der Waals surface area contributed by atoms with Gasteiger partial charge in [0, 0.05) is 17.6 Å². The van der Waals surface area contributed by atoms with Gasteiger partial charge in [0.2, 0.25) is 5.91 Å². The lowest BCUT2D eigenvalue weighted by molar-refractivity contribution is -0.125. The van der Waals surface area contributed by atoms with Gasteiger partial charge in [0.15, 0.2) is 0 Å². The van der Waals surface area contributed by atoms with Crippen LogP contribution in [0.15, 0.2) is 36.5 Å². The van der Waals surface area contributed by atoms with Gasteiger partial charge in [0.05, 0.1) is 29.8 Å². The lowest BCUT2D eigenvalue weighted by Gasteiger charge is -2.25. The number of nitrogens with two attached hydrogens (primary N) is 1. The minimum atomic E-state index is -0.697. The van der Waals surface area contributed by atoms with Crippen LogP contribution in [0.5, 0.6) is 0 Å². The molecule has 1 aromatic carbocycles. The summed E-state index contributed by atoms with van der Waals surface area (Å²) < 4.78 is 5.32. The topological polar surface area (TPSA) is 77.2 Å². The number of carbonyl (C=O) groups excluding carboxylic acids is 1. The first-order chi connectivity index (χ1) is 9.61. The summed E-state index contributed by atoms with van der Waals surface area (Å²) in [6.07, 6.45) is 1.71. The van der Waals surface area contributed by atoms with Crippen LogP contribution in [0.3, 0.4) is 0 Å². The van der Waals surface area contributed by atoms with Crippen molar-refractivity contribution in [2.75, 3.05) is 18.5 Å². The Morgan fingerprint density at radius 2 is 2.25 bits per heavy atom. The van der Waals surface area contributed by atoms with E-state index < -0.39 is 5.41 Å². The summed E-state index contributed by atoms with van der Waals surface area (Å²) in [5.41, 5.74) is 6.76. The van der Waals surface area contributed by atoms with Crippen molar-refractivity contribution in [2.24, 2.45) is 11.1 Å². The molecule has 104 valence electrons. The zero-order valence-corrected chi connectivity index (χ0v) is 11.3. The smallest absolute Gasteiger partial charge is 0.234 e. The summed E-state index contributed by atoms with van der Waals surface area (Å²) in [6.45, 7) is 2.59. The molecule has 0 saturated carbocycles. The van der Waals surface area contributed by atoms with Crippen molar-refractivity contribution in [3.05, 3.63) is 36.5 Å². The molecule has 5 nitrogen and oxygen atoms in total. The summed E-state index contributed by atoms with van der Waals surface area (Å²) in [5.74, 6) is -0.124. The molecule has 1 saturated heterocycles. The maximum atomic E-state index is 12.5. The highest BCUT2D eigenvalue weighted by Crippen LogP contribution is 2.30. The second kappa shape index (κ2) is 4.85. The molecule has 1 aliphatic rings. The van der Waals surface area contributed by atoms with E-state index in [0.717, 1.165) is 10.9 Å². The van der Waals surface area contributed by atoms with Gasteiger partial charge in [-0.3, -0.25) is 9.78 Å². The number of rotatable bonds is 2. The first-order valence-electron chi connectivity index (χ1n) is 6.60. The summed E-state index contributed by atoms with van der Waals surface area (Å²) in [4.78, 5) is 16.8. The van der Waals surface area contributed by atoms with Crippen molar-refractivity contribution in [1.82, 2.24) is 4.98 Å². The average Bonchev–Trinajstić information content (AvgIpc) is 2.80. The molecule has 1 aromatic heterocycles. The van der Waals surface area contributed by atoms with E-state index in [1.165, 1.54) is 0 Å². The predicted octanol–water partition coefficient (Wildman–Crippen LogP) is 1.54. The Kier molecular flexibility index (Phi) is 3.16. The van der Waals surface area contributed by atoms with E-state index >= 15 is 0 Å². The quantitative estimate of drug-likeness (QED) is 0.868. The largest absolute Gasteiger partial charge is 0.379 e. The number of nitrogens with one attached hydrogen (secondary N) is 1. The predicted molar refractivity (Wildman–Crippen MR) is 77.3 cm³/mol. The van der Waals surface area contributed by atoms with Crippen LogP contribution in [0.25, 0.3) is 10.9 Å². The van der Waals surface area contributed by atoms with Crippen molar-refractivity contribution in [3.8, 4) is 0 Å². The van der Waals surface area contributed by atoms with Crippen molar-refractivity contribution in [1.29, 1.82) is 0 Å². The van der Waals surface area contributed by atoms with E-state index in [9.17, 15) is 4.79 Å². The first kappa shape index (κ1) is 13.0. The van der Waals surface area contributed by atoms with Crippen LogP contribution in [-0.2, 0) is 9.53 Å². The van der Waals surface area contributed by atoms with Crippen LogP contribution in [0.1, 0.15) is 6.92 Å². The van der Waals surface area contributed by atoms with E-state index in [4.69, 9.17) is 10.5 Å². The number of amides is 1. The second-order valence-corrected chi connectivity index (χ2v) is 5.37. The highest BCUT2D eigenvalue weighted by Gasteiger charge is 2.44. The number of para-hydroxylation sites is 1. The Bertz CT molecular complexity index is 653. The van der Waals surface area contributed by atoms with Crippen LogP contribution in [0.4, 0.5) is 5.69 Å². The maximum absolute atomic E-state index is 12.5. The third-order valence-corrected chi connectivity index (χ3v) is 3.92. The minimum Gasteiger partial charge on any atom is -0.379 e. The van der Waals surface area contributed by atoms with Crippen LogP contribution < -0.4 is 11.1 Å². The fourth-order valence-electron chi connectivity index (χ4n) is 2.39. The molecule has 1 amide bonds. The molecule has 2 atom stereocenters. The molecule has 0 bridgehead atoms. The number of hydrogen-bond acceptors (Lipinski definition) is 4. The number of nitrogens with zero attached hydrogens (tertiary/aromatic N) is 1. The Balaban J connectivity index is 1.92. The third kappa shape index (κ3) is 2.05. The van der Waals surface area contributed by atoms with Gasteiger partial charge >= 0.3 is 0 Å². The molecule has 2 aromatic rings. The number of aromatic nitrogens is 1. The number of fused-ring (bicyclic) bond motifs is 1. The average molecular weight is 271 g/mol. The number of hydrogen-bond donors (Lipinski definition) is 2. The highest BCUT2D eigenvalue weighted by molar-refractivity contribution is 6.02. The molecule has 2 heterocycles. The van der Waals surface area contributed by atoms with Crippen molar-refractivity contribution in [3.63, 3.8) is 0 Å². The van der Waals surface area contributed by atoms with Gasteiger partial charge < -0.3 is 15.8 Å². The lowest BCUT2D eigenvalue weighted by atomic mass is 9.85. The Hall–Kier alpha value is -1.98. The molecule has 0 aliphatic carbocycles. The van der Waals surface area contributed by atoms with Crippen molar-refractivity contribution < 1.29 is 9.53 Å². The van der Waals surface area contributed by atoms with Crippen LogP contribution in [-0.4, -0.2) is 30.1 Å². The zero-order chi connectivity index (χ0) is 14.2. The molecule has 5 heteroatoms. The van der Waals surface area contributed by atoms with Gasteiger partial charge in [-0.15, -0.1) is 0 Å². The molecule has 0 spiro atoms. The molecule has 2 unspecified atom stereocenters. The summed E-state index contributed by atoms with van der Waals surface area (Å²) in [7, 11) is 0. The molecule has 1 aliphatic heterocycles. The molecule has 3 rings (SSSR count). The molecular weight excluding hydrogens is 254 g/mol. The normalized spacial score (nSPS) is 25.8. The standard InChI is InChI=1S/C15H17N3O2/c1-15(9-20-8-12(15)16)14(19)18-11-6-2-4-10-5-3-7-17-13(10)11/h2-7,12H,8-9,16H2,1H3,(H,18,19). The molecule has 3 N–H and O–H groups in total. The molecule has 1 fully saturated rings. The van der Waals surface area contributed by atoms with Gasteiger partial charge in [0.25, 0.3) is 0 Å². The maximum Gasteiger partial charge on any atom is 0.234 e. The SMILES string of the molecule is CC1(C(=O)Nc2cccc3cccnc23)COCC1N. The van der Waals surface area contributed by atoms with Gasteiger partial charge in [0.1, 0.15) is 0 Å². The van der Waals surface area contributed by atoms with E-state index in [1.54, 1.807) is 6.20 Å².